The maximum atomic E-state index is 11.6. The highest BCUT2D eigenvalue weighted by molar-refractivity contribution is 5.84. The SMILES string of the molecule is CCC(C)(C)NC(=O)NCCn1cnc(C(=O)O)c1. The molecule has 1 heterocycles. The second-order valence-corrected chi connectivity index (χ2v) is 4.92. The van der Waals surface area contributed by atoms with Gasteiger partial charge in [-0.25, -0.2) is 14.6 Å². The van der Waals surface area contributed by atoms with Crippen LogP contribution in [0, 0.1) is 0 Å². The normalized spacial score (nSPS) is 11.1. The molecule has 0 aromatic carbocycles. The van der Waals surface area contributed by atoms with Gasteiger partial charge in [0.1, 0.15) is 0 Å². The van der Waals surface area contributed by atoms with E-state index >= 15 is 0 Å². The van der Waals surface area contributed by atoms with E-state index in [4.69, 9.17) is 5.11 Å². The number of carbonyl (C=O) groups excluding carboxylic acids is 1. The van der Waals surface area contributed by atoms with Crippen LogP contribution in [0.4, 0.5) is 4.79 Å². The smallest absolute Gasteiger partial charge is 0.356 e. The van der Waals surface area contributed by atoms with E-state index in [1.54, 1.807) is 4.57 Å². The average molecular weight is 268 g/mol. The molecular formula is C12H20N4O3. The maximum absolute atomic E-state index is 11.6. The lowest BCUT2D eigenvalue weighted by molar-refractivity contribution is 0.0691. The number of carboxylic acids is 1. The van der Waals surface area contributed by atoms with Gasteiger partial charge in [0.05, 0.1) is 6.33 Å². The summed E-state index contributed by atoms with van der Waals surface area (Å²) in [5.74, 6) is -1.06. The molecule has 2 amide bonds. The van der Waals surface area contributed by atoms with Crippen molar-refractivity contribution in [1.29, 1.82) is 0 Å². The van der Waals surface area contributed by atoms with Crippen LogP contribution in [0.25, 0.3) is 0 Å². The van der Waals surface area contributed by atoms with Crippen LogP contribution in [0.2, 0.25) is 0 Å². The van der Waals surface area contributed by atoms with E-state index in [0.29, 0.717) is 13.1 Å². The Morgan fingerprint density at radius 3 is 2.68 bits per heavy atom. The first-order chi connectivity index (χ1) is 8.84. The zero-order valence-corrected chi connectivity index (χ0v) is 11.4. The van der Waals surface area contributed by atoms with Crippen LogP contribution in [0.1, 0.15) is 37.7 Å². The highest BCUT2D eigenvalue weighted by atomic mass is 16.4. The Balaban J connectivity index is 2.33. The van der Waals surface area contributed by atoms with Gasteiger partial charge in [-0.15, -0.1) is 0 Å². The number of nitrogens with zero attached hydrogens (tertiary/aromatic N) is 2. The van der Waals surface area contributed by atoms with Gasteiger partial charge >= 0.3 is 12.0 Å². The molecule has 0 unspecified atom stereocenters. The molecule has 19 heavy (non-hydrogen) atoms. The summed E-state index contributed by atoms with van der Waals surface area (Å²) in [6, 6.07) is -0.231. The molecule has 7 nitrogen and oxygen atoms in total. The molecule has 0 fully saturated rings. The monoisotopic (exact) mass is 268 g/mol. The Morgan fingerprint density at radius 1 is 1.47 bits per heavy atom. The zero-order chi connectivity index (χ0) is 14.5. The largest absolute Gasteiger partial charge is 0.476 e. The fourth-order valence-corrected chi connectivity index (χ4v) is 1.33. The van der Waals surface area contributed by atoms with E-state index in [9.17, 15) is 9.59 Å². The number of aromatic carboxylic acids is 1. The van der Waals surface area contributed by atoms with Crippen molar-refractivity contribution in [3.8, 4) is 0 Å². The number of urea groups is 1. The quantitative estimate of drug-likeness (QED) is 0.719. The van der Waals surface area contributed by atoms with Gasteiger partial charge in [0.25, 0.3) is 0 Å². The van der Waals surface area contributed by atoms with Crippen LogP contribution >= 0.6 is 0 Å². The summed E-state index contributed by atoms with van der Waals surface area (Å²) in [5.41, 5.74) is -0.244. The lowest BCUT2D eigenvalue weighted by Gasteiger charge is -2.24. The molecule has 7 heteroatoms. The minimum atomic E-state index is -1.06. The summed E-state index contributed by atoms with van der Waals surface area (Å²) in [5, 5.41) is 14.3. The van der Waals surface area contributed by atoms with Gasteiger partial charge in [-0.2, -0.15) is 0 Å². The molecule has 0 aliphatic carbocycles. The molecule has 1 aromatic heterocycles. The molecule has 1 aromatic rings. The van der Waals surface area contributed by atoms with E-state index < -0.39 is 5.97 Å². The molecule has 106 valence electrons. The number of amides is 2. The molecule has 0 bridgehead atoms. The highest BCUT2D eigenvalue weighted by Crippen LogP contribution is 2.05. The number of rotatable bonds is 6. The third-order valence-electron chi connectivity index (χ3n) is 2.84. The van der Waals surface area contributed by atoms with Crippen molar-refractivity contribution in [1.82, 2.24) is 20.2 Å². The van der Waals surface area contributed by atoms with Crippen molar-refractivity contribution < 1.29 is 14.7 Å². The number of hydrogen-bond acceptors (Lipinski definition) is 3. The minimum Gasteiger partial charge on any atom is -0.476 e. The summed E-state index contributed by atoms with van der Waals surface area (Å²) >= 11 is 0. The molecule has 0 saturated heterocycles. The van der Waals surface area contributed by atoms with Gasteiger partial charge in [-0.3, -0.25) is 0 Å². The third-order valence-corrected chi connectivity index (χ3v) is 2.84. The molecule has 1 rings (SSSR count). The Hall–Kier alpha value is -2.05. The van der Waals surface area contributed by atoms with E-state index in [0.717, 1.165) is 6.42 Å². The number of aromatic nitrogens is 2. The first-order valence-electron chi connectivity index (χ1n) is 6.15. The third kappa shape index (κ3) is 4.99. The predicted molar refractivity (Wildman–Crippen MR) is 70.1 cm³/mol. The Labute approximate surface area is 112 Å². The van der Waals surface area contributed by atoms with Crippen molar-refractivity contribution >= 4 is 12.0 Å². The fraction of sp³-hybridized carbons (Fsp3) is 0.583. The van der Waals surface area contributed by atoms with Crippen LogP contribution in [-0.4, -0.2) is 38.7 Å². The Bertz CT molecular complexity index is 454. The highest BCUT2D eigenvalue weighted by Gasteiger charge is 2.17. The van der Waals surface area contributed by atoms with Crippen LogP contribution in [0.5, 0.6) is 0 Å². The predicted octanol–water partition coefficient (Wildman–Crippen LogP) is 1.07. The van der Waals surface area contributed by atoms with Crippen molar-refractivity contribution in [2.45, 2.75) is 39.3 Å². The fourth-order valence-electron chi connectivity index (χ4n) is 1.33. The van der Waals surface area contributed by atoms with Crippen LogP contribution < -0.4 is 10.6 Å². The molecule has 0 radical (unpaired) electrons. The van der Waals surface area contributed by atoms with Crippen molar-refractivity contribution in [3.63, 3.8) is 0 Å². The molecule has 0 atom stereocenters. The van der Waals surface area contributed by atoms with Gasteiger partial charge in [0, 0.05) is 24.8 Å². The van der Waals surface area contributed by atoms with Gasteiger partial charge in [-0.1, -0.05) is 6.92 Å². The van der Waals surface area contributed by atoms with E-state index in [1.165, 1.54) is 12.5 Å². The zero-order valence-electron chi connectivity index (χ0n) is 11.4. The van der Waals surface area contributed by atoms with E-state index in [-0.39, 0.29) is 17.3 Å². The van der Waals surface area contributed by atoms with Gasteiger partial charge in [0.2, 0.25) is 0 Å². The van der Waals surface area contributed by atoms with Crippen molar-refractivity contribution in [3.05, 3.63) is 18.2 Å². The molecule has 0 aliphatic heterocycles. The van der Waals surface area contributed by atoms with E-state index in [1.807, 2.05) is 20.8 Å². The lowest BCUT2D eigenvalue weighted by Crippen LogP contribution is -2.48. The summed E-state index contributed by atoms with van der Waals surface area (Å²) < 4.78 is 1.62. The standard InChI is InChI=1S/C12H20N4O3/c1-4-12(2,3)15-11(19)13-5-6-16-7-9(10(17)18)14-8-16/h7-8H,4-6H2,1-3H3,(H,17,18)(H2,13,15,19). The van der Waals surface area contributed by atoms with Crippen molar-refractivity contribution in [2.24, 2.45) is 0 Å². The number of carbonyl (C=O) groups is 2. The maximum Gasteiger partial charge on any atom is 0.356 e. The molecule has 0 aliphatic rings. The first-order valence-corrected chi connectivity index (χ1v) is 6.15. The summed E-state index contributed by atoms with van der Waals surface area (Å²) in [6.45, 7) is 6.77. The van der Waals surface area contributed by atoms with Crippen molar-refractivity contribution in [2.75, 3.05) is 6.54 Å². The number of imidazole rings is 1. The molecule has 3 N–H and O–H groups in total. The lowest BCUT2D eigenvalue weighted by atomic mass is 10.0. The average Bonchev–Trinajstić information content (AvgIpc) is 2.77. The van der Waals surface area contributed by atoms with Crippen LogP contribution in [-0.2, 0) is 6.54 Å². The second-order valence-electron chi connectivity index (χ2n) is 4.92. The summed E-state index contributed by atoms with van der Waals surface area (Å²) in [4.78, 5) is 25.9. The van der Waals surface area contributed by atoms with Crippen LogP contribution in [0.3, 0.4) is 0 Å². The number of nitrogens with one attached hydrogen (secondary N) is 2. The second kappa shape index (κ2) is 6.21. The number of hydrogen-bond donors (Lipinski definition) is 3. The topological polar surface area (TPSA) is 96.3 Å². The Kier molecular flexibility index (Phi) is 4.91. The summed E-state index contributed by atoms with van der Waals surface area (Å²) in [6.07, 6.45) is 3.70. The summed E-state index contributed by atoms with van der Waals surface area (Å²) in [7, 11) is 0. The molecule has 0 saturated carbocycles. The van der Waals surface area contributed by atoms with Gasteiger partial charge in [0.15, 0.2) is 5.69 Å². The van der Waals surface area contributed by atoms with Gasteiger partial charge in [-0.05, 0) is 20.3 Å². The van der Waals surface area contributed by atoms with Crippen LogP contribution in [0.15, 0.2) is 12.5 Å². The first kappa shape index (κ1) is 15.0. The minimum absolute atomic E-state index is 0.00318. The molecular weight excluding hydrogens is 248 g/mol. The molecule has 0 spiro atoms. The van der Waals surface area contributed by atoms with Gasteiger partial charge < -0.3 is 20.3 Å². The Morgan fingerprint density at radius 2 is 2.16 bits per heavy atom. The number of carboxylic acid groups (broad SMARTS) is 1. The van der Waals surface area contributed by atoms with E-state index in [2.05, 4.69) is 15.6 Å².